The Morgan fingerprint density at radius 2 is 1.95 bits per heavy atom. The number of nitrogens with one attached hydrogen (secondary N) is 1. The van der Waals surface area contributed by atoms with E-state index < -0.39 is 50.6 Å². The number of ether oxygens (including phenoxy) is 1. The van der Waals surface area contributed by atoms with Crippen LogP contribution in [0.5, 0.6) is 0 Å². The van der Waals surface area contributed by atoms with Crippen molar-refractivity contribution >= 4 is 7.60 Å². The Morgan fingerprint density at radius 3 is 2.43 bits per heavy atom. The molecule has 0 radical (unpaired) electrons. The summed E-state index contributed by atoms with van der Waals surface area (Å²) in [5.41, 5.74) is -1.43. The van der Waals surface area contributed by atoms with Crippen molar-refractivity contribution in [1.82, 2.24) is 9.55 Å². The van der Waals surface area contributed by atoms with E-state index in [1.807, 2.05) is 4.98 Å². The minimum atomic E-state index is -4.24. The maximum Gasteiger partial charge on any atom is 0.330 e. The lowest BCUT2D eigenvalue weighted by Gasteiger charge is -2.23. The number of H-pyrrole nitrogens is 1. The summed E-state index contributed by atoms with van der Waals surface area (Å²) >= 11 is 0. The van der Waals surface area contributed by atoms with E-state index in [0.29, 0.717) is 0 Å². The van der Waals surface area contributed by atoms with Crippen LogP contribution in [0.3, 0.4) is 0 Å². The highest BCUT2D eigenvalue weighted by Gasteiger charge is 2.22. The van der Waals surface area contributed by atoms with Crippen LogP contribution in [0.1, 0.15) is 12.6 Å². The summed E-state index contributed by atoms with van der Waals surface area (Å²) in [7, 11) is -4.24. The number of hydrogen-bond donors (Lipinski definition) is 5. The van der Waals surface area contributed by atoms with E-state index in [4.69, 9.17) is 19.6 Å². The topological polar surface area (TPSA) is 162 Å². The molecule has 0 amide bonds. The Hall–Kier alpha value is -1.29. The quantitative estimate of drug-likeness (QED) is 0.342. The van der Waals surface area contributed by atoms with Crippen LogP contribution in [-0.2, 0) is 9.30 Å². The molecule has 120 valence electrons. The largest absolute Gasteiger partial charge is 0.394 e. The molecule has 21 heavy (non-hydrogen) atoms. The Kier molecular flexibility index (Phi) is 6.46. The minimum Gasteiger partial charge on any atom is -0.394 e. The molecule has 1 heterocycles. The first-order valence-corrected chi connectivity index (χ1v) is 7.80. The molecule has 0 fully saturated rings. The predicted molar refractivity (Wildman–Crippen MR) is 70.9 cm³/mol. The molecule has 0 saturated carbocycles. The highest BCUT2D eigenvalue weighted by atomic mass is 31.2. The van der Waals surface area contributed by atoms with Crippen LogP contribution in [0.25, 0.3) is 0 Å². The van der Waals surface area contributed by atoms with Crippen LogP contribution < -0.4 is 11.2 Å². The fourth-order valence-corrected chi connectivity index (χ4v) is 2.21. The standard InChI is InChI=1S/C10H17N2O8P/c13-5-7(2-4-21(17,18)19)20-9(6-14)12-3-1-8(15)11-10(12)16/h1,3,7,9,13-14H,2,4-6H2,(H,11,15,16)(H2,17,18,19). The van der Waals surface area contributed by atoms with Gasteiger partial charge >= 0.3 is 13.3 Å². The molecule has 5 N–H and O–H groups in total. The first-order valence-electron chi connectivity index (χ1n) is 6.00. The number of aromatic nitrogens is 2. The van der Waals surface area contributed by atoms with Gasteiger partial charge in [-0.15, -0.1) is 0 Å². The smallest absolute Gasteiger partial charge is 0.330 e. The van der Waals surface area contributed by atoms with Gasteiger partial charge in [0.2, 0.25) is 0 Å². The molecular weight excluding hydrogens is 307 g/mol. The van der Waals surface area contributed by atoms with Gasteiger partial charge in [0, 0.05) is 12.3 Å². The lowest BCUT2D eigenvalue weighted by Crippen LogP contribution is -2.36. The second-order valence-corrected chi connectivity index (χ2v) is 6.05. The molecule has 1 aromatic heterocycles. The first kappa shape index (κ1) is 17.8. The van der Waals surface area contributed by atoms with Crippen LogP contribution in [0.15, 0.2) is 21.9 Å². The summed E-state index contributed by atoms with van der Waals surface area (Å²) < 4.78 is 16.9. The number of aromatic amines is 1. The summed E-state index contributed by atoms with van der Waals surface area (Å²) in [4.78, 5) is 42.0. The first-order chi connectivity index (χ1) is 9.76. The highest BCUT2D eigenvalue weighted by molar-refractivity contribution is 7.51. The van der Waals surface area contributed by atoms with Crippen molar-refractivity contribution in [3.05, 3.63) is 33.1 Å². The highest BCUT2D eigenvalue weighted by Crippen LogP contribution is 2.35. The zero-order valence-corrected chi connectivity index (χ0v) is 11.8. The average Bonchev–Trinajstić information content (AvgIpc) is 2.39. The van der Waals surface area contributed by atoms with Crippen molar-refractivity contribution in [3.8, 4) is 0 Å². The fourth-order valence-electron chi connectivity index (χ4n) is 1.59. The van der Waals surface area contributed by atoms with Crippen LogP contribution in [0.4, 0.5) is 0 Å². The normalized spacial score (nSPS) is 14.9. The van der Waals surface area contributed by atoms with Crippen molar-refractivity contribution in [3.63, 3.8) is 0 Å². The van der Waals surface area contributed by atoms with Gasteiger partial charge in [0.15, 0.2) is 6.23 Å². The predicted octanol–water partition coefficient (Wildman–Crippen LogP) is -2.03. The monoisotopic (exact) mass is 324 g/mol. The van der Waals surface area contributed by atoms with Crippen molar-refractivity contribution in [1.29, 1.82) is 0 Å². The maximum atomic E-state index is 11.6. The van der Waals surface area contributed by atoms with Crippen LogP contribution in [-0.4, -0.2) is 55.0 Å². The van der Waals surface area contributed by atoms with Crippen molar-refractivity contribution in [2.24, 2.45) is 0 Å². The lowest BCUT2D eigenvalue weighted by molar-refractivity contribution is -0.0990. The second-order valence-electron chi connectivity index (χ2n) is 4.27. The molecule has 0 aliphatic heterocycles. The molecule has 2 unspecified atom stereocenters. The van der Waals surface area contributed by atoms with E-state index in [2.05, 4.69) is 0 Å². The summed E-state index contributed by atoms with van der Waals surface area (Å²) in [5.74, 6) is 0. The molecule has 0 aliphatic rings. The molecule has 0 aliphatic carbocycles. The average molecular weight is 324 g/mol. The number of hydrogen-bond acceptors (Lipinski definition) is 6. The fraction of sp³-hybridized carbons (Fsp3) is 0.600. The van der Waals surface area contributed by atoms with Gasteiger partial charge in [0.1, 0.15) is 0 Å². The number of aliphatic hydroxyl groups is 2. The molecule has 0 saturated heterocycles. The van der Waals surface area contributed by atoms with Gasteiger partial charge in [-0.3, -0.25) is 18.9 Å². The third kappa shape index (κ3) is 5.92. The summed E-state index contributed by atoms with van der Waals surface area (Å²) in [6.45, 7) is -1.17. The zero-order chi connectivity index (χ0) is 16.0. The third-order valence-corrected chi connectivity index (χ3v) is 3.45. The van der Waals surface area contributed by atoms with E-state index >= 15 is 0 Å². The third-order valence-electron chi connectivity index (χ3n) is 2.61. The minimum absolute atomic E-state index is 0.157. The molecule has 11 heteroatoms. The van der Waals surface area contributed by atoms with Gasteiger partial charge in [-0.05, 0) is 6.42 Å². The van der Waals surface area contributed by atoms with Gasteiger partial charge < -0.3 is 24.7 Å². The van der Waals surface area contributed by atoms with Gasteiger partial charge in [0.25, 0.3) is 5.56 Å². The molecule has 1 aromatic rings. The van der Waals surface area contributed by atoms with E-state index in [0.717, 1.165) is 16.8 Å². The molecular formula is C10H17N2O8P. The van der Waals surface area contributed by atoms with E-state index in [9.17, 15) is 19.3 Å². The number of aliphatic hydroxyl groups excluding tert-OH is 2. The van der Waals surface area contributed by atoms with E-state index in [1.54, 1.807) is 0 Å². The van der Waals surface area contributed by atoms with Gasteiger partial charge in [-0.25, -0.2) is 4.79 Å². The molecule has 10 nitrogen and oxygen atoms in total. The summed E-state index contributed by atoms with van der Waals surface area (Å²) in [6.07, 6.45) is -1.72. The van der Waals surface area contributed by atoms with Gasteiger partial charge in [-0.2, -0.15) is 0 Å². The van der Waals surface area contributed by atoms with Crippen LogP contribution in [0.2, 0.25) is 0 Å². The van der Waals surface area contributed by atoms with Gasteiger partial charge in [0.05, 0.1) is 25.5 Å². The molecule has 1 rings (SSSR count). The second kappa shape index (κ2) is 7.64. The van der Waals surface area contributed by atoms with Crippen molar-refractivity contribution in [2.45, 2.75) is 18.8 Å². The van der Waals surface area contributed by atoms with Crippen LogP contribution in [0, 0.1) is 0 Å². The zero-order valence-electron chi connectivity index (χ0n) is 11.0. The molecule has 0 aromatic carbocycles. The Bertz CT molecular complexity index is 606. The number of rotatable bonds is 8. The Morgan fingerprint density at radius 1 is 1.29 bits per heavy atom. The van der Waals surface area contributed by atoms with E-state index in [-0.39, 0.29) is 6.42 Å². The molecule has 2 atom stereocenters. The molecule has 0 bridgehead atoms. The SMILES string of the molecule is O=c1ccn(C(CO)OC(CO)CCP(=O)(O)O)c(=O)[nH]1. The maximum absolute atomic E-state index is 11.6. The van der Waals surface area contributed by atoms with Gasteiger partial charge in [-0.1, -0.05) is 0 Å². The number of nitrogens with zero attached hydrogens (tertiary/aromatic N) is 1. The molecule has 0 spiro atoms. The Balaban J connectivity index is 2.82. The Labute approximate surface area is 118 Å². The summed E-state index contributed by atoms with van der Waals surface area (Å²) in [5, 5.41) is 18.4. The van der Waals surface area contributed by atoms with Crippen molar-refractivity contribution < 1.29 is 29.3 Å². The van der Waals surface area contributed by atoms with E-state index in [1.165, 1.54) is 0 Å². The summed E-state index contributed by atoms with van der Waals surface area (Å²) in [6, 6.07) is 1.05. The van der Waals surface area contributed by atoms with Crippen molar-refractivity contribution in [2.75, 3.05) is 19.4 Å². The van der Waals surface area contributed by atoms with Crippen LogP contribution >= 0.6 is 7.60 Å². The lowest BCUT2D eigenvalue weighted by atomic mass is 10.3.